The third kappa shape index (κ3) is 3.33. The first-order valence-electron chi connectivity index (χ1n) is 5.70. The van der Waals surface area contributed by atoms with E-state index in [2.05, 4.69) is 26.6 Å². The Labute approximate surface area is 123 Å². The number of halogens is 1. The summed E-state index contributed by atoms with van der Waals surface area (Å²) < 4.78 is 1.08. The van der Waals surface area contributed by atoms with Gasteiger partial charge < -0.3 is 5.32 Å². The van der Waals surface area contributed by atoms with Gasteiger partial charge in [-0.1, -0.05) is 0 Å². The van der Waals surface area contributed by atoms with Gasteiger partial charge in [-0.05, 0) is 58.4 Å². The SMILES string of the molecule is Cc1cc(C)c([N+](=O)[O-])cc1NCc1csc(Br)c1. The molecular weight excluding hydrogens is 328 g/mol. The van der Waals surface area contributed by atoms with E-state index >= 15 is 0 Å². The predicted molar refractivity (Wildman–Crippen MR) is 81.9 cm³/mol. The third-order valence-electron chi connectivity index (χ3n) is 2.84. The molecule has 19 heavy (non-hydrogen) atoms. The summed E-state index contributed by atoms with van der Waals surface area (Å²) in [5, 5.41) is 16.2. The molecule has 100 valence electrons. The lowest BCUT2D eigenvalue weighted by Crippen LogP contribution is -2.02. The monoisotopic (exact) mass is 340 g/mol. The lowest BCUT2D eigenvalue weighted by molar-refractivity contribution is -0.385. The van der Waals surface area contributed by atoms with E-state index in [1.807, 2.05) is 19.1 Å². The van der Waals surface area contributed by atoms with Crippen molar-refractivity contribution >= 4 is 38.6 Å². The van der Waals surface area contributed by atoms with E-state index in [0.29, 0.717) is 12.1 Å². The van der Waals surface area contributed by atoms with Gasteiger partial charge in [0.1, 0.15) is 0 Å². The fraction of sp³-hybridized carbons (Fsp3) is 0.231. The highest BCUT2D eigenvalue weighted by Gasteiger charge is 2.13. The van der Waals surface area contributed by atoms with Gasteiger partial charge in [0.2, 0.25) is 0 Å². The second kappa shape index (κ2) is 5.71. The molecule has 1 aromatic heterocycles. The van der Waals surface area contributed by atoms with E-state index in [4.69, 9.17) is 0 Å². The Morgan fingerprint density at radius 2 is 2.05 bits per heavy atom. The smallest absolute Gasteiger partial charge is 0.274 e. The molecule has 0 saturated carbocycles. The van der Waals surface area contributed by atoms with E-state index in [1.165, 1.54) is 0 Å². The number of aryl methyl sites for hydroxylation is 2. The summed E-state index contributed by atoms with van der Waals surface area (Å²) in [6.07, 6.45) is 0. The molecule has 1 heterocycles. The van der Waals surface area contributed by atoms with Crippen LogP contribution >= 0.6 is 27.3 Å². The highest BCUT2D eigenvalue weighted by atomic mass is 79.9. The number of rotatable bonds is 4. The van der Waals surface area contributed by atoms with Crippen LogP contribution in [0.4, 0.5) is 11.4 Å². The number of thiophene rings is 1. The van der Waals surface area contributed by atoms with Crippen molar-refractivity contribution in [2.24, 2.45) is 0 Å². The maximum Gasteiger partial charge on any atom is 0.274 e. The molecule has 0 aliphatic rings. The van der Waals surface area contributed by atoms with E-state index in [0.717, 1.165) is 20.6 Å². The summed E-state index contributed by atoms with van der Waals surface area (Å²) >= 11 is 5.04. The van der Waals surface area contributed by atoms with Crippen molar-refractivity contribution in [1.29, 1.82) is 0 Å². The van der Waals surface area contributed by atoms with Crippen molar-refractivity contribution in [3.05, 3.63) is 54.2 Å². The lowest BCUT2D eigenvalue weighted by Gasteiger charge is -2.10. The van der Waals surface area contributed by atoms with E-state index in [1.54, 1.807) is 24.3 Å². The first-order valence-corrected chi connectivity index (χ1v) is 7.37. The van der Waals surface area contributed by atoms with Crippen LogP contribution < -0.4 is 5.32 Å². The van der Waals surface area contributed by atoms with Gasteiger partial charge >= 0.3 is 0 Å². The number of nitrogens with one attached hydrogen (secondary N) is 1. The Morgan fingerprint density at radius 1 is 1.32 bits per heavy atom. The third-order valence-corrected chi connectivity index (χ3v) is 4.40. The van der Waals surface area contributed by atoms with Crippen LogP contribution in [0.25, 0.3) is 0 Å². The molecule has 0 atom stereocenters. The molecule has 0 aliphatic carbocycles. The van der Waals surface area contributed by atoms with Crippen LogP contribution in [0, 0.1) is 24.0 Å². The normalized spacial score (nSPS) is 10.5. The van der Waals surface area contributed by atoms with Crippen molar-refractivity contribution in [3.63, 3.8) is 0 Å². The molecule has 0 aliphatic heterocycles. The van der Waals surface area contributed by atoms with Gasteiger partial charge in [-0.3, -0.25) is 10.1 Å². The minimum absolute atomic E-state index is 0.152. The number of anilines is 1. The van der Waals surface area contributed by atoms with Gasteiger partial charge in [0.25, 0.3) is 5.69 Å². The number of benzene rings is 1. The zero-order valence-electron chi connectivity index (χ0n) is 10.6. The molecule has 4 nitrogen and oxygen atoms in total. The summed E-state index contributed by atoms with van der Waals surface area (Å²) in [4.78, 5) is 10.6. The lowest BCUT2D eigenvalue weighted by atomic mass is 10.1. The molecule has 0 unspecified atom stereocenters. The molecule has 1 aromatic carbocycles. The molecular formula is C13H13BrN2O2S. The maximum absolute atomic E-state index is 10.9. The second-order valence-electron chi connectivity index (χ2n) is 4.32. The molecule has 0 saturated heterocycles. The molecule has 0 fully saturated rings. The van der Waals surface area contributed by atoms with Crippen molar-refractivity contribution < 1.29 is 4.92 Å². The minimum atomic E-state index is -0.346. The van der Waals surface area contributed by atoms with Gasteiger partial charge in [-0.25, -0.2) is 0 Å². The van der Waals surface area contributed by atoms with Gasteiger partial charge in [0.05, 0.1) is 8.71 Å². The van der Waals surface area contributed by atoms with E-state index in [9.17, 15) is 10.1 Å². The summed E-state index contributed by atoms with van der Waals surface area (Å²) in [6, 6.07) is 5.48. The van der Waals surface area contributed by atoms with Crippen molar-refractivity contribution in [3.8, 4) is 0 Å². The Hall–Kier alpha value is -1.40. The average molecular weight is 341 g/mol. The fourth-order valence-corrected chi connectivity index (χ4v) is 3.07. The maximum atomic E-state index is 10.9. The van der Waals surface area contributed by atoms with Crippen LogP contribution in [-0.2, 0) is 6.54 Å². The first kappa shape index (κ1) is 14.0. The van der Waals surface area contributed by atoms with Crippen LogP contribution in [0.15, 0.2) is 27.4 Å². The van der Waals surface area contributed by atoms with Gasteiger partial charge in [0, 0.05) is 23.9 Å². The van der Waals surface area contributed by atoms with Crippen LogP contribution in [0.2, 0.25) is 0 Å². The van der Waals surface area contributed by atoms with Gasteiger partial charge in [-0.15, -0.1) is 11.3 Å². The quantitative estimate of drug-likeness (QED) is 0.651. The molecule has 0 radical (unpaired) electrons. The molecule has 2 rings (SSSR count). The van der Waals surface area contributed by atoms with Gasteiger partial charge in [-0.2, -0.15) is 0 Å². The molecule has 0 spiro atoms. The van der Waals surface area contributed by atoms with Crippen LogP contribution in [0.3, 0.4) is 0 Å². The zero-order chi connectivity index (χ0) is 14.0. The van der Waals surface area contributed by atoms with Crippen molar-refractivity contribution in [1.82, 2.24) is 0 Å². The van der Waals surface area contributed by atoms with Gasteiger partial charge in [0.15, 0.2) is 0 Å². The Kier molecular flexibility index (Phi) is 4.21. The van der Waals surface area contributed by atoms with E-state index < -0.39 is 0 Å². The molecule has 0 bridgehead atoms. The number of hydrogen-bond acceptors (Lipinski definition) is 4. The summed E-state index contributed by atoms with van der Waals surface area (Å²) in [6.45, 7) is 4.36. The van der Waals surface area contributed by atoms with E-state index in [-0.39, 0.29) is 10.6 Å². The second-order valence-corrected chi connectivity index (χ2v) is 6.61. The largest absolute Gasteiger partial charge is 0.381 e. The molecule has 0 amide bonds. The van der Waals surface area contributed by atoms with Crippen LogP contribution in [-0.4, -0.2) is 4.92 Å². The highest BCUT2D eigenvalue weighted by molar-refractivity contribution is 9.11. The highest BCUT2D eigenvalue weighted by Crippen LogP contribution is 2.27. The fourth-order valence-electron chi connectivity index (χ4n) is 1.86. The number of nitro groups is 1. The molecule has 2 aromatic rings. The average Bonchev–Trinajstić information content (AvgIpc) is 2.73. The standard InChI is InChI=1S/C13H13BrN2O2S/c1-8-3-9(2)12(16(17)18)5-11(8)15-6-10-4-13(14)19-7-10/h3-5,7,15H,6H2,1-2H3. The zero-order valence-corrected chi connectivity index (χ0v) is 13.0. The number of nitro benzene ring substituents is 1. The number of hydrogen-bond donors (Lipinski definition) is 1. The summed E-state index contributed by atoms with van der Waals surface area (Å²) in [7, 11) is 0. The van der Waals surface area contributed by atoms with Crippen LogP contribution in [0.1, 0.15) is 16.7 Å². The van der Waals surface area contributed by atoms with Crippen LogP contribution in [0.5, 0.6) is 0 Å². The number of nitrogens with zero attached hydrogens (tertiary/aromatic N) is 1. The Bertz CT molecular complexity index is 625. The minimum Gasteiger partial charge on any atom is -0.381 e. The Balaban J connectivity index is 2.20. The Morgan fingerprint density at radius 3 is 2.63 bits per heavy atom. The predicted octanol–water partition coefficient (Wildman–Crippen LogP) is 4.65. The topological polar surface area (TPSA) is 55.2 Å². The van der Waals surface area contributed by atoms with Crippen molar-refractivity contribution in [2.45, 2.75) is 20.4 Å². The molecule has 1 N–H and O–H groups in total. The summed E-state index contributed by atoms with van der Waals surface area (Å²) in [5.41, 5.74) is 3.81. The molecule has 6 heteroatoms. The van der Waals surface area contributed by atoms with Crippen molar-refractivity contribution in [2.75, 3.05) is 5.32 Å². The summed E-state index contributed by atoms with van der Waals surface area (Å²) in [5.74, 6) is 0. The first-order chi connectivity index (χ1) is 8.97.